The summed E-state index contributed by atoms with van der Waals surface area (Å²) in [6.45, 7) is 4.61. The number of benzene rings is 3. The number of anilines is 2. The van der Waals surface area contributed by atoms with Gasteiger partial charge in [-0.3, -0.25) is 19.4 Å². The maximum Gasteiger partial charge on any atom is 0.322 e. The van der Waals surface area contributed by atoms with E-state index in [0.29, 0.717) is 24.5 Å². The summed E-state index contributed by atoms with van der Waals surface area (Å²) in [7, 11) is 0. The van der Waals surface area contributed by atoms with Crippen molar-refractivity contribution in [2.45, 2.75) is 33.4 Å². The summed E-state index contributed by atoms with van der Waals surface area (Å²) >= 11 is 0. The molecule has 0 aliphatic carbocycles. The zero-order valence-electron chi connectivity index (χ0n) is 20.1. The number of amides is 4. The third-order valence-corrected chi connectivity index (χ3v) is 6.09. The minimum Gasteiger partial charge on any atom is -0.350 e. The second kappa shape index (κ2) is 10.9. The number of hydrogen-bond donors (Lipinski definition) is 2. The van der Waals surface area contributed by atoms with Gasteiger partial charge in [-0.15, -0.1) is 0 Å². The Bertz CT molecular complexity index is 1210. The second-order valence-electron chi connectivity index (χ2n) is 8.65. The maximum absolute atomic E-state index is 13.0. The molecule has 35 heavy (non-hydrogen) atoms. The van der Waals surface area contributed by atoms with Gasteiger partial charge in [0.1, 0.15) is 13.1 Å². The first-order valence-corrected chi connectivity index (χ1v) is 11.8. The normalized spacial score (nSPS) is 12.8. The van der Waals surface area contributed by atoms with Gasteiger partial charge in [0.2, 0.25) is 11.8 Å². The molecule has 0 aromatic heterocycles. The van der Waals surface area contributed by atoms with E-state index in [-0.39, 0.29) is 30.9 Å². The van der Waals surface area contributed by atoms with Crippen LogP contribution in [0.2, 0.25) is 0 Å². The van der Waals surface area contributed by atoms with E-state index in [2.05, 4.69) is 17.6 Å². The van der Waals surface area contributed by atoms with Crippen LogP contribution in [0, 0.1) is 6.92 Å². The summed E-state index contributed by atoms with van der Waals surface area (Å²) in [4.78, 5) is 41.5. The van der Waals surface area contributed by atoms with Gasteiger partial charge in [0.05, 0.1) is 11.4 Å². The highest BCUT2D eigenvalue weighted by Gasteiger charge is 2.33. The molecule has 7 heteroatoms. The topological polar surface area (TPSA) is 81.8 Å². The van der Waals surface area contributed by atoms with Crippen LogP contribution in [-0.2, 0) is 29.1 Å². The first-order valence-electron chi connectivity index (χ1n) is 11.8. The summed E-state index contributed by atoms with van der Waals surface area (Å²) in [5, 5.41) is 5.77. The first-order chi connectivity index (χ1) is 16.9. The zero-order valence-corrected chi connectivity index (χ0v) is 20.1. The zero-order chi connectivity index (χ0) is 24.8. The Morgan fingerprint density at radius 3 is 2.03 bits per heavy atom. The molecule has 4 rings (SSSR count). The summed E-state index contributed by atoms with van der Waals surface area (Å²) in [6.07, 6.45) is 0.962. The van der Waals surface area contributed by atoms with Crippen molar-refractivity contribution < 1.29 is 14.4 Å². The molecule has 0 fully saturated rings. The van der Waals surface area contributed by atoms with Crippen LogP contribution < -0.4 is 20.4 Å². The van der Waals surface area contributed by atoms with Gasteiger partial charge in [0, 0.05) is 13.1 Å². The van der Waals surface area contributed by atoms with E-state index in [0.717, 1.165) is 23.1 Å². The maximum atomic E-state index is 13.0. The highest BCUT2D eigenvalue weighted by molar-refractivity contribution is 6.12. The van der Waals surface area contributed by atoms with E-state index in [1.807, 2.05) is 61.5 Å². The van der Waals surface area contributed by atoms with Crippen LogP contribution >= 0.6 is 0 Å². The molecular formula is C28H30N4O3. The summed E-state index contributed by atoms with van der Waals surface area (Å²) in [5.41, 5.74) is 5.49. The van der Waals surface area contributed by atoms with E-state index in [9.17, 15) is 14.4 Å². The number of rotatable bonds is 7. The minimum absolute atomic E-state index is 0.109. The monoisotopic (exact) mass is 470 g/mol. The van der Waals surface area contributed by atoms with Crippen molar-refractivity contribution in [3.63, 3.8) is 0 Å². The lowest BCUT2D eigenvalue weighted by atomic mass is 10.1. The lowest BCUT2D eigenvalue weighted by molar-refractivity contribution is -0.123. The van der Waals surface area contributed by atoms with Crippen LogP contribution in [0.3, 0.4) is 0 Å². The van der Waals surface area contributed by atoms with Gasteiger partial charge in [0.15, 0.2) is 0 Å². The number of hydrogen-bond acceptors (Lipinski definition) is 3. The van der Waals surface area contributed by atoms with E-state index >= 15 is 0 Å². The summed E-state index contributed by atoms with van der Waals surface area (Å²) in [5.74, 6) is -0.568. The standard InChI is InChI=1S/C28H30N4O3/c1-3-21-12-14-23(15-13-21)16-29-26(33)18-31-24-6-4-5-7-25(24)32(19-27(31)34)28(35)30-17-22-10-8-20(2)9-11-22/h4-15H,3,16-19H2,1-2H3,(H,29,33)(H,30,35). The highest BCUT2D eigenvalue weighted by atomic mass is 16.2. The largest absolute Gasteiger partial charge is 0.350 e. The highest BCUT2D eigenvalue weighted by Crippen LogP contribution is 2.33. The van der Waals surface area contributed by atoms with Crippen molar-refractivity contribution in [1.82, 2.24) is 10.6 Å². The van der Waals surface area contributed by atoms with Crippen LogP contribution in [0.4, 0.5) is 16.2 Å². The average Bonchev–Trinajstić information content (AvgIpc) is 2.88. The molecule has 180 valence electrons. The molecule has 1 heterocycles. The van der Waals surface area contributed by atoms with Gasteiger partial charge in [-0.1, -0.05) is 73.2 Å². The van der Waals surface area contributed by atoms with Gasteiger partial charge in [0.25, 0.3) is 0 Å². The number of para-hydroxylation sites is 2. The minimum atomic E-state index is -0.356. The number of nitrogens with zero attached hydrogens (tertiary/aromatic N) is 2. The van der Waals surface area contributed by atoms with E-state index < -0.39 is 0 Å². The van der Waals surface area contributed by atoms with Crippen LogP contribution in [0.25, 0.3) is 0 Å². The number of nitrogens with one attached hydrogen (secondary N) is 2. The molecule has 0 atom stereocenters. The van der Waals surface area contributed by atoms with Gasteiger partial charge >= 0.3 is 6.03 Å². The number of carbonyl (C=O) groups excluding carboxylic acids is 3. The Kier molecular flexibility index (Phi) is 7.45. The lowest BCUT2D eigenvalue weighted by Gasteiger charge is -2.35. The molecule has 0 bridgehead atoms. The van der Waals surface area contributed by atoms with Gasteiger partial charge in [-0.2, -0.15) is 0 Å². The Morgan fingerprint density at radius 1 is 0.800 bits per heavy atom. The van der Waals surface area contributed by atoms with Crippen LogP contribution in [0.15, 0.2) is 72.8 Å². The molecule has 1 aliphatic rings. The molecule has 4 amide bonds. The number of urea groups is 1. The Morgan fingerprint density at radius 2 is 1.37 bits per heavy atom. The van der Waals surface area contributed by atoms with Crippen molar-refractivity contribution in [3.8, 4) is 0 Å². The fourth-order valence-corrected chi connectivity index (χ4v) is 3.99. The number of aryl methyl sites for hydroxylation is 2. The Hall–Kier alpha value is -4.13. The van der Waals surface area contributed by atoms with Gasteiger partial charge in [-0.25, -0.2) is 4.79 Å². The van der Waals surface area contributed by atoms with Crippen molar-refractivity contribution in [3.05, 3.63) is 95.1 Å². The third-order valence-electron chi connectivity index (χ3n) is 6.09. The van der Waals surface area contributed by atoms with Crippen LogP contribution in [0.5, 0.6) is 0 Å². The molecule has 7 nitrogen and oxygen atoms in total. The summed E-state index contributed by atoms with van der Waals surface area (Å²) < 4.78 is 0. The fourth-order valence-electron chi connectivity index (χ4n) is 3.99. The van der Waals surface area contributed by atoms with E-state index in [1.165, 1.54) is 15.4 Å². The second-order valence-corrected chi connectivity index (χ2v) is 8.65. The fraction of sp³-hybridized carbons (Fsp3) is 0.250. The first kappa shape index (κ1) is 24.0. The molecular weight excluding hydrogens is 440 g/mol. The average molecular weight is 471 g/mol. The number of carbonyl (C=O) groups is 3. The van der Waals surface area contributed by atoms with Crippen molar-refractivity contribution in [1.29, 1.82) is 0 Å². The SMILES string of the molecule is CCc1ccc(CNC(=O)CN2C(=O)CN(C(=O)NCc3ccc(C)cc3)c3ccccc32)cc1. The Labute approximate surface area is 205 Å². The quantitative estimate of drug-likeness (QED) is 0.549. The van der Waals surface area contributed by atoms with Crippen LogP contribution in [-0.4, -0.2) is 30.9 Å². The van der Waals surface area contributed by atoms with Crippen molar-refractivity contribution in [2.24, 2.45) is 0 Å². The van der Waals surface area contributed by atoms with Gasteiger partial charge in [-0.05, 0) is 42.2 Å². The predicted molar refractivity (Wildman–Crippen MR) is 137 cm³/mol. The summed E-state index contributed by atoms with van der Waals surface area (Å²) in [6, 6.07) is 22.8. The molecule has 0 radical (unpaired) electrons. The molecule has 0 spiro atoms. The van der Waals surface area contributed by atoms with Crippen molar-refractivity contribution >= 4 is 29.2 Å². The van der Waals surface area contributed by atoms with E-state index in [1.54, 1.807) is 18.2 Å². The van der Waals surface area contributed by atoms with Crippen LogP contribution in [0.1, 0.15) is 29.2 Å². The number of fused-ring (bicyclic) bond motifs is 1. The van der Waals surface area contributed by atoms with Crippen molar-refractivity contribution in [2.75, 3.05) is 22.9 Å². The molecule has 3 aromatic rings. The Balaban J connectivity index is 1.40. The predicted octanol–water partition coefficient (Wildman–Crippen LogP) is 3.94. The molecule has 0 unspecified atom stereocenters. The molecule has 0 saturated heterocycles. The van der Waals surface area contributed by atoms with E-state index in [4.69, 9.17) is 0 Å². The van der Waals surface area contributed by atoms with Gasteiger partial charge < -0.3 is 10.6 Å². The molecule has 0 saturated carbocycles. The molecule has 3 aromatic carbocycles. The third kappa shape index (κ3) is 5.87. The molecule has 1 aliphatic heterocycles. The molecule has 2 N–H and O–H groups in total. The smallest absolute Gasteiger partial charge is 0.322 e. The lowest BCUT2D eigenvalue weighted by Crippen LogP contribution is -2.53.